The predicted octanol–water partition coefficient (Wildman–Crippen LogP) is 4.29. The minimum atomic E-state index is -0.748. The lowest BCUT2D eigenvalue weighted by molar-refractivity contribution is 0.247. The van der Waals surface area contributed by atoms with Gasteiger partial charge in [-0.3, -0.25) is 9.36 Å². The summed E-state index contributed by atoms with van der Waals surface area (Å²) in [5.41, 5.74) is -0.0741. The number of hydrogen-bond acceptors (Lipinski definition) is 6. The van der Waals surface area contributed by atoms with Crippen LogP contribution < -0.4 is 20.5 Å². The molecular formula is C26H24ClF2N5O2. The van der Waals surface area contributed by atoms with Crippen molar-refractivity contribution >= 4 is 17.4 Å². The van der Waals surface area contributed by atoms with Gasteiger partial charge in [-0.15, -0.1) is 0 Å². The maximum Gasteiger partial charge on any atom is 0.279 e. The Balaban J connectivity index is 1.65. The van der Waals surface area contributed by atoms with Crippen LogP contribution >= 0.6 is 11.6 Å². The smallest absolute Gasteiger partial charge is 0.279 e. The maximum atomic E-state index is 14.6. The molecule has 1 N–H and O–H groups in total. The van der Waals surface area contributed by atoms with Gasteiger partial charge in [0.05, 0.1) is 18.4 Å². The lowest BCUT2D eigenvalue weighted by Gasteiger charge is -2.39. The first-order valence-corrected chi connectivity index (χ1v) is 12.1. The number of halogens is 3. The normalized spacial score (nSPS) is 16.8. The Morgan fingerprint density at radius 3 is 2.53 bits per heavy atom. The van der Waals surface area contributed by atoms with Gasteiger partial charge in [-0.25, -0.2) is 13.8 Å². The lowest BCUT2D eigenvalue weighted by Crippen LogP contribution is -2.42. The average Bonchev–Trinajstić information content (AvgIpc) is 3.34. The van der Waals surface area contributed by atoms with Crippen LogP contribution in [-0.2, 0) is 0 Å². The molecule has 3 aromatic rings. The second kappa shape index (κ2) is 9.52. The largest absolute Gasteiger partial charge is 0.494 e. The number of piperidine rings is 1. The number of rotatable bonds is 4. The van der Waals surface area contributed by atoms with E-state index in [1.807, 2.05) is 4.90 Å². The minimum absolute atomic E-state index is 0.0112. The van der Waals surface area contributed by atoms with Gasteiger partial charge in [-0.1, -0.05) is 11.6 Å². The lowest BCUT2D eigenvalue weighted by atomic mass is 9.78. The van der Waals surface area contributed by atoms with Gasteiger partial charge in [0.25, 0.3) is 5.56 Å². The van der Waals surface area contributed by atoms with E-state index in [2.05, 4.69) is 5.32 Å². The molecular weight excluding hydrogens is 488 g/mol. The Morgan fingerprint density at radius 1 is 1.14 bits per heavy atom. The number of nitriles is 1. The molecule has 186 valence electrons. The van der Waals surface area contributed by atoms with Crippen molar-refractivity contribution in [3.8, 4) is 28.9 Å². The van der Waals surface area contributed by atoms with Gasteiger partial charge in [0, 0.05) is 31.3 Å². The van der Waals surface area contributed by atoms with Gasteiger partial charge < -0.3 is 15.0 Å². The van der Waals surface area contributed by atoms with Crippen LogP contribution in [0.25, 0.3) is 17.1 Å². The van der Waals surface area contributed by atoms with Gasteiger partial charge in [-0.2, -0.15) is 5.26 Å². The Hall–Kier alpha value is -3.48. The Bertz CT molecular complexity index is 1420. The van der Waals surface area contributed by atoms with Crippen LogP contribution in [-0.4, -0.2) is 42.8 Å². The molecule has 0 aliphatic carbocycles. The van der Waals surface area contributed by atoms with Crippen molar-refractivity contribution in [2.24, 2.45) is 5.41 Å². The van der Waals surface area contributed by atoms with Crippen molar-refractivity contribution in [3.05, 3.63) is 69.0 Å². The fraction of sp³-hybridized carbons (Fsp3) is 0.346. The fourth-order valence-electron chi connectivity index (χ4n) is 5.09. The fourth-order valence-corrected chi connectivity index (χ4v) is 5.33. The van der Waals surface area contributed by atoms with Gasteiger partial charge in [0.1, 0.15) is 22.7 Å². The number of nitrogens with zero attached hydrogens (tertiary/aromatic N) is 4. The van der Waals surface area contributed by atoms with E-state index in [9.17, 15) is 13.6 Å². The molecule has 10 heteroatoms. The van der Waals surface area contributed by atoms with Crippen LogP contribution in [0, 0.1) is 28.4 Å². The topological polar surface area (TPSA) is 83.2 Å². The van der Waals surface area contributed by atoms with Crippen molar-refractivity contribution in [2.45, 2.75) is 19.3 Å². The van der Waals surface area contributed by atoms with Crippen molar-refractivity contribution < 1.29 is 13.5 Å². The zero-order valence-corrected chi connectivity index (χ0v) is 20.4. The number of hydrogen-bond donors (Lipinski definition) is 1. The molecule has 2 aliphatic heterocycles. The second-order valence-corrected chi connectivity index (χ2v) is 9.63. The molecule has 7 nitrogen and oxygen atoms in total. The van der Waals surface area contributed by atoms with Crippen molar-refractivity contribution in [3.63, 3.8) is 0 Å². The molecule has 2 saturated heterocycles. The molecule has 1 spiro atoms. The Kier molecular flexibility index (Phi) is 6.41. The summed E-state index contributed by atoms with van der Waals surface area (Å²) in [6.45, 7) is 3.33. The third-order valence-electron chi connectivity index (χ3n) is 7.21. The summed E-state index contributed by atoms with van der Waals surface area (Å²) in [6, 6.07) is 9.79. The minimum Gasteiger partial charge on any atom is -0.494 e. The summed E-state index contributed by atoms with van der Waals surface area (Å²) in [5, 5.41) is 12.5. The number of anilines is 1. The molecule has 0 amide bonds. The maximum absolute atomic E-state index is 14.6. The van der Waals surface area contributed by atoms with Crippen LogP contribution in [0.1, 0.15) is 24.8 Å². The van der Waals surface area contributed by atoms with Crippen molar-refractivity contribution in [1.82, 2.24) is 14.9 Å². The van der Waals surface area contributed by atoms with Gasteiger partial charge in [0.15, 0.2) is 17.4 Å². The molecule has 2 aliphatic rings. The van der Waals surface area contributed by atoms with Crippen molar-refractivity contribution in [1.29, 1.82) is 5.26 Å². The molecule has 2 fully saturated rings. The Labute approximate surface area is 211 Å². The second-order valence-electron chi connectivity index (χ2n) is 9.25. The molecule has 0 radical (unpaired) electrons. The summed E-state index contributed by atoms with van der Waals surface area (Å²) in [4.78, 5) is 20.3. The zero-order valence-electron chi connectivity index (χ0n) is 19.7. The van der Waals surface area contributed by atoms with E-state index < -0.39 is 17.2 Å². The molecule has 0 atom stereocenters. The SMILES string of the molecule is COc1ccc(-n2c(-c3ccc(C#N)c(F)c3)nc(N3CCC4(CCNC4)CC3)c(Cl)c2=O)cc1F. The number of benzene rings is 2. The third-order valence-corrected chi connectivity index (χ3v) is 7.54. The van der Waals surface area contributed by atoms with E-state index in [0.29, 0.717) is 18.9 Å². The monoisotopic (exact) mass is 511 g/mol. The summed E-state index contributed by atoms with van der Waals surface area (Å²) in [6.07, 6.45) is 2.99. The first kappa shape index (κ1) is 24.2. The van der Waals surface area contributed by atoms with Crippen LogP contribution in [0.5, 0.6) is 5.75 Å². The molecule has 3 heterocycles. The van der Waals surface area contributed by atoms with Gasteiger partial charge in [-0.05, 0) is 61.6 Å². The van der Waals surface area contributed by atoms with Crippen LogP contribution in [0.3, 0.4) is 0 Å². The Morgan fingerprint density at radius 2 is 1.92 bits per heavy atom. The quantitative estimate of drug-likeness (QED) is 0.562. The number of methoxy groups -OCH3 is 1. The molecule has 1 aromatic heterocycles. The molecule has 2 aromatic carbocycles. The molecule has 0 bridgehead atoms. The summed E-state index contributed by atoms with van der Waals surface area (Å²) in [7, 11) is 1.34. The number of aromatic nitrogens is 2. The average molecular weight is 512 g/mol. The van der Waals surface area contributed by atoms with Crippen LogP contribution in [0.2, 0.25) is 5.02 Å². The molecule has 36 heavy (non-hydrogen) atoms. The summed E-state index contributed by atoms with van der Waals surface area (Å²) in [5.74, 6) is -1.01. The first-order chi connectivity index (χ1) is 17.4. The van der Waals surface area contributed by atoms with Gasteiger partial charge >= 0.3 is 0 Å². The number of ether oxygens (including phenoxy) is 1. The number of nitrogens with one attached hydrogen (secondary N) is 1. The summed E-state index contributed by atoms with van der Waals surface area (Å²) >= 11 is 6.58. The first-order valence-electron chi connectivity index (χ1n) is 11.7. The van der Waals surface area contributed by atoms with E-state index in [0.717, 1.165) is 49.1 Å². The van der Waals surface area contributed by atoms with E-state index in [1.165, 1.54) is 31.4 Å². The van der Waals surface area contributed by atoms with Crippen molar-refractivity contribution in [2.75, 3.05) is 38.2 Å². The van der Waals surface area contributed by atoms with Crippen LogP contribution in [0.4, 0.5) is 14.6 Å². The molecule has 0 saturated carbocycles. The van der Waals surface area contributed by atoms with E-state index in [1.54, 1.807) is 6.07 Å². The molecule has 0 unspecified atom stereocenters. The zero-order chi connectivity index (χ0) is 25.4. The van der Waals surface area contributed by atoms with E-state index in [4.69, 9.17) is 26.6 Å². The highest BCUT2D eigenvalue weighted by atomic mass is 35.5. The highest BCUT2D eigenvalue weighted by Gasteiger charge is 2.38. The highest BCUT2D eigenvalue weighted by Crippen LogP contribution is 2.39. The highest BCUT2D eigenvalue weighted by molar-refractivity contribution is 6.32. The molecule has 5 rings (SSSR count). The summed E-state index contributed by atoms with van der Waals surface area (Å²) < 4.78 is 35.3. The van der Waals surface area contributed by atoms with Gasteiger partial charge in [0.2, 0.25) is 0 Å². The third kappa shape index (κ3) is 4.21. The standard InChI is InChI=1S/C26H24ClF2N5O2/c1-36-21-5-4-18(13-20(21)29)34-23(16-2-3-17(14-30)19(28)12-16)32-24(22(27)25(34)35)33-10-7-26(8-11-33)6-9-31-15-26/h2-5,12-13,31H,6-11,15H2,1H3. The predicted molar refractivity (Wildman–Crippen MR) is 133 cm³/mol. The van der Waals surface area contributed by atoms with E-state index >= 15 is 0 Å². The van der Waals surface area contributed by atoms with E-state index in [-0.39, 0.29) is 38.8 Å². The van der Waals surface area contributed by atoms with Crippen LogP contribution in [0.15, 0.2) is 41.2 Å².